The van der Waals surface area contributed by atoms with Gasteiger partial charge in [0, 0.05) is 26.7 Å². The summed E-state index contributed by atoms with van der Waals surface area (Å²) in [4.78, 5) is 2.52. The first-order valence-electron chi connectivity index (χ1n) is 7.05. The second-order valence-corrected chi connectivity index (χ2v) is 5.14. The Labute approximate surface area is 105 Å². The topological polar surface area (TPSA) is 24.5 Å². The molecule has 0 aromatic rings. The Balaban J connectivity index is 1.76. The molecule has 1 unspecified atom stereocenters. The molecule has 2 rings (SSSR count). The molecule has 1 fully saturated rings. The van der Waals surface area contributed by atoms with E-state index in [9.17, 15) is 0 Å². The summed E-state index contributed by atoms with van der Waals surface area (Å²) >= 11 is 0. The minimum absolute atomic E-state index is 0.339. The van der Waals surface area contributed by atoms with Gasteiger partial charge in [0.15, 0.2) is 0 Å². The molecule has 0 aromatic carbocycles. The first-order valence-corrected chi connectivity index (χ1v) is 7.05. The zero-order chi connectivity index (χ0) is 11.9. The molecule has 3 heteroatoms. The molecular formula is C14H26N2O. The lowest BCUT2D eigenvalue weighted by Crippen LogP contribution is -2.40. The highest BCUT2D eigenvalue weighted by atomic mass is 16.5. The van der Waals surface area contributed by atoms with Gasteiger partial charge in [-0.15, -0.1) is 0 Å². The normalized spacial score (nSPS) is 24.4. The molecule has 0 aliphatic carbocycles. The van der Waals surface area contributed by atoms with E-state index in [0.29, 0.717) is 6.23 Å². The van der Waals surface area contributed by atoms with Crippen LogP contribution in [0.4, 0.5) is 0 Å². The Hall–Kier alpha value is -0.380. The van der Waals surface area contributed by atoms with Crippen LogP contribution in [0.25, 0.3) is 0 Å². The summed E-state index contributed by atoms with van der Waals surface area (Å²) in [5, 5.41) is 3.36. The predicted octanol–water partition coefficient (Wildman–Crippen LogP) is 2.14. The molecule has 0 radical (unpaired) electrons. The van der Waals surface area contributed by atoms with Crippen LogP contribution < -0.4 is 5.32 Å². The molecule has 2 heterocycles. The largest absolute Gasteiger partial charge is 0.366 e. The van der Waals surface area contributed by atoms with Crippen LogP contribution in [0.5, 0.6) is 0 Å². The first kappa shape index (κ1) is 13.1. The van der Waals surface area contributed by atoms with Crippen molar-refractivity contribution in [3.63, 3.8) is 0 Å². The van der Waals surface area contributed by atoms with Crippen LogP contribution in [0.3, 0.4) is 0 Å². The van der Waals surface area contributed by atoms with Crippen LogP contribution in [-0.2, 0) is 4.74 Å². The van der Waals surface area contributed by atoms with Crippen LogP contribution in [0.1, 0.15) is 38.5 Å². The number of nitrogens with one attached hydrogen (secondary N) is 1. The van der Waals surface area contributed by atoms with Crippen molar-refractivity contribution in [3.05, 3.63) is 11.6 Å². The highest BCUT2D eigenvalue weighted by molar-refractivity contribution is 5.06. The van der Waals surface area contributed by atoms with E-state index in [1.54, 1.807) is 5.57 Å². The lowest BCUT2D eigenvalue weighted by atomic mass is 10.0. The summed E-state index contributed by atoms with van der Waals surface area (Å²) in [5.41, 5.74) is 1.61. The maximum Gasteiger partial charge on any atom is 0.110 e. The number of rotatable bonds is 5. The predicted molar refractivity (Wildman–Crippen MR) is 71.0 cm³/mol. The standard InChI is InChI=1S/C14H26N2O/c1-17-14(16-11-3-2-4-12-16)6-5-13-7-9-15-10-8-13/h7,14-15H,2-6,8-12H2,1H3. The van der Waals surface area contributed by atoms with Crippen LogP contribution in [0, 0.1) is 0 Å². The monoisotopic (exact) mass is 238 g/mol. The fourth-order valence-electron chi connectivity index (χ4n) is 2.86. The van der Waals surface area contributed by atoms with E-state index in [1.807, 2.05) is 7.11 Å². The third-order valence-electron chi connectivity index (χ3n) is 3.94. The van der Waals surface area contributed by atoms with E-state index in [-0.39, 0.29) is 0 Å². The third kappa shape index (κ3) is 4.09. The minimum atomic E-state index is 0.339. The van der Waals surface area contributed by atoms with Crippen molar-refractivity contribution in [3.8, 4) is 0 Å². The molecule has 1 N–H and O–H groups in total. The van der Waals surface area contributed by atoms with Crippen molar-refractivity contribution in [1.29, 1.82) is 0 Å². The number of hydrogen-bond donors (Lipinski definition) is 1. The van der Waals surface area contributed by atoms with Gasteiger partial charge in [-0.1, -0.05) is 18.1 Å². The summed E-state index contributed by atoms with van der Waals surface area (Å²) in [6.07, 6.45) is 10.3. The van der Waals surface area contributed by atoms with E-state index in [4.69, 9.17) is 4.74 Å². The maximum atomic E-state index is 5.66. The number of nitrogens with zero attached hydrogens (tertiary/aromatic N) is 1. The Bertz CT molecular complexity index is 247. The van der Waals surface area contributed by atoms with Gasteiger partial charge in [-0.2, -0.15) is 0 Å². The van der Waals surface area contributed by atoms with E-state index in [1.165, 1.54) is 45.2 Å². The highest BCUT2D eigenvalue weighted by Gasteiger charge is 2.20. The fourth-order valence-corrected chi connectivity index (χ4v) is 2.86. The Morgan fingerprint density at radius 1 is 1.35 bits per heavy atom. The van der Waals surface area contributed by atoms with Crippen LogP contribution >= 0.6 is 0 Å². The summed E-state index contributed by atoms with van der Waals surface area (Å²) in [6, 6.07) is 0. The summed E-state index contributed by atoms with van der Waals surface area (Å²) in [5.74, 6) is 0. The van der Waals surface area contributed by atoms with Crippen molar-refractivity contribution < 1.29 is 4.74 Å². The summed E-state index contributed by atoms with van der Waals surface area (Å²) in [7, 11) is 1.86. The summed E-state index contributed by atoms with van der Waals surface area (Å²) < 4.78 is 5.66. The van der Waals surface area contributed by atoms with Crippen molar-refractivity contribution in [1.82, 2.24) is 10.2 Å². The molecule has 0 saturated carbocycles. The molecule has 2 aliphatic heterocycles. The van der Waals surface area contributed by atoms with Gasteiger partial charge >= 0.3 is 0 Å². The molecule has 17 heavy (non-hydrogen) atoms. The molecule has 3 nitrogen and oxygen atoms in total. The molecule has 0 spiro atoms. The van der Waals surface area contributed by atoms with Gasteiger partial charge in [0.1, 0.15) is 6.23 Å². The van der Waals surface area contributed by atoms with Gasteiger partial charge in [0.05, 0.1) is 0 Å². The first-order chi connectivity index (χ1) is 8.40. The molecule has 0 bridgehead atoms. The Morgan fingerprint density at radius 3 is 2.82 bits per heavy atom. The van der Waals surface area contributed by atoms with Crippen LogP contribution in [0.2, 0.25) is 0 Å². The van der Waals surface area contributed by atoms with Gasteiger partial charge in [0.25, 0.3) is 0 Å². The summed E-state index contributed by atoms with van der Waals surface area (Å²) in [6.45, 7) is 4.64. The van der Waals surface area contributed by atoms with E-state index in [0.717, 1.165) is 19.5 Å². The average molecular weight is 238 g/mol. The smallest absolute Gasteiger partial charge is 0.110 e. The third-order valence-corrected chi connectivity index (χ3v) is 3.94. The quantitative estimate of drug-likeness (QED) is 0.743. The van der Waals surface area contributed by atoms with Gasteiger partial charge in [-0.05, 0) is 38.6 Å². The lowest BCUT2D eigenvalue weighted by Gasteiger charge is -2.33. The molecule has 1 saturated heterocycles. The molecule has 98 valence electrons. The van der Waals surface area contributed by atoms with Crippen molar-refractivity contribution in [2.24, 2.45) is 0 Å². The van der Waals surface area contributed by atoms with Crippen molar-refractivity contribution in [2.45, 2.75) is 44.8 Å². The Morgan fingerprint density at radius 2 is 2.18 bits per heavy atom. The van der Waals surface area contributed by atoms with Crippen molar-refractivity contribution >= 4 is 0 Å². The number of piperidine rings is 1. The second-order valence-electron chi connectivity index (χ2n) is 5.14. The fraction of sp³-hybridized carbons (Fsp3) is 0.857. The molecule has 1 atom stereocenters. The second kappa shape index (κ2) is 7.14. The lowest BCUT2D eigenvalue weighted by molar-refractivity contribution is -0.0457. The highest BCUT2D eigenvalue weighted by Crippen LogP contribution is 2.19. The average Bonchev–Trinajstić information content (AvgIpc) is 2.42. The van der Waals surface area contributed by atoms with Crippen molar-refractivity contribution in [2.75, 3.05) is 33.3 Å². The van der Waals surface area contributed by atoms with Gasteiger partial charge in [-0.3, -0.25) is 4.90 Å². The zero-order valence-corrected chi connectivity index (χ0v) is 11.1. The van der Waals surface area contributed by atoms with Gasteiger partial charge in [0.2, 0.25) is 0 Å². The van der Waals surface area contributed by atoms with Gasteiger partial charge < -0.3 is 10.1 Å². The Kier molecular flexibility index (Phi) is 5.49. The van der Waals surface area contributed by atoms with E-state index in [2.05, 4.69) is 16.3 Å². The molecular weight excluding hydrogens is 212 g/mol. The molecule has 2 aliphatic rings. The number of hydrogen-bond acceptors (Lipinski definition) is 3. The number of methoxy groups -OCH3 is 1. The number of likely N-dealkylation sites (tertiary alicyclic amines) is 1. The van der Waals surface area contributed by atoms with Crippen LogP contribution in [0.15, 0.2) is 11.6 Å². The SMILES string of the molecule is COC(CCC1=CCNCC1)N1CCCCC1. The minimum Gasteiger partial charge on any atom is -0.366 e. The zero-order valence-electron chi connectivity index (χ0n) is 11.1. The van der Waals surface area contributed by atoms with E-state index < -0.39 is 0 Å². The van der Waals surface area contributed by atoms with Gasteiger partial charge in [-0.25, -0.2) is 0 Å². The molecule has 0 aromatic heterocycles. The molecule has 0 amide bonds. The maximum absolute atomic E-state index is 5.66. The van der Waals surface area contributed by atoms with E-state index >= 15 is 0 Å². The van der Waals surface area contributed by atoms with Crippen LogP contribution in [-0.4, -0.2) is 44.4 Å². The number of ether oxygens (including phenoxy) is 1.